The Morgan fingerprint density at radius 1 is 1.57 bits per heavy atom. The minimum absolute atomic E-state index is 0.666. The average molecular weight is 209 g/mol. The van der Waals surface area contributed by atoms with Crippen molar-refractivity contribution in [3.05, 3.63) is 34.0 Å². The molecule has 2 rings (SSSR count). The lowest BCUT2D eigenvalue weighted by Gasteiger charge is -2.06. The zero-order valence-corrected chi connectivity index (χ0v) is 8.82. The smallest absolute Gasteiger partial charge is 0.147 e. The van der Waals surface area contributed by atoms with Gasteiger partial charge in [0, 0.05) is 24.3 Å². The molecule has 2 aromatic rings. The number of aryl methyl sites for hydroxylation is 2. The van der Waals surface area contributed by atoms with Crippen LogP contribution < -0.4 is 0 Å². The van der Waals surface area contributed by atoms with Crippen molar-refractivity contribution in [2.75, 3.05) is 0 Å². The summed E-state index contributed by atoms with van der Waals surface area (Å²) >= 11 is 1.46. The van der Waals surface area contributed by atoms with Gasteiger partial charge in [0.2, 0.25) is 0 Å². The van der Waals surface area contributed by atoms with Crippen molar-refractivity contribution in [3.8, 4) is 0 Å². The van der Waals surface area contributed by atoms with E-state index in [-0.39, 0.29) is 0 Å². The fourth-order valence-electron chi connectivity index (χ4n) is 1.28. The molecule has 0 aromatic carbocycles. The van der Waals surface area contributed by atoms with E-state index in [1.807, 2.05) is 12.3 Å². The quantitative estimate of drug-likeness (QED) is 0.810. The van der Waals surface area contributed by atoms with Gasteiger partial charge in [-0.1, -0.05) is 0 Å². The second-order valence-electron chi connectivity index (χ2n) is 3.11. The zero-order chi connectivity index (χ0) is 10.1. The fraction of sp³-hybridized carbons (Fsp3) is 0.333. The third-order valence-electron chi connectivity index (χ3n) is 2.01. The molecule has 0 saturated carbocycles. The van der Waals surface area contributed by atoms with Crippen molar-refractivity contribution >= 4 is 11.3 Å². The summed E-state index contributed by atoms with van der Waals surface area (Å²) in [4.78, 5) is 4.24. The Kier molecular flexibility index (Phi) is 2.35. The maximum Gasteiger partial charge on any atom is 0.147 e. The molecular formula is C9H11N3OS. The van der Waals surface area contributed by atoms with Crippen LogP contribution in [0.3, 0.4) is 0 Å². The summed E-state index contributed by atoms with van der Waals surface area (Å²) < 4.78 is 1.65. The van der Waals surface area contributed by atoms with E-state index in [2.05, 4.69) is 10.1 Å². The van der Waals surface area contributed by atoms with E-state index in [9.17, 15) is 5.11 Å². The first kappa shape index (κ1) is 9.36. The highest BCUT2D eigenvalue weighted by Crippen LogP contribution is 2.23. The van der Waals surface area contributed by atoms with Gasteiger partial charge in [0.1, 0.15) is 11.1 Å². The minimum Gasteiger partial charge on any atom is -0.380 e. The predicted molar refractivity (Wildman–Crippen MR) is 54.1 cm³/mol. The molecule has 2 heterocycles. The second kappa shape index (κ2) is 3.51. The number of aromatic nitrogens is 3. The second-order valence-corrected chi connectivity index (χ2v) is 4.00. The molecule has 14 heavy (non-hydrogen) atoms. The van der Waals surface area contributed by atoms with Gasteiger partial charge in [-0.3, -0.25) is 4.68 Å². The van der Waals surface area contributed by atoms with Crippen LogP contribution in [0.15, 0.2) is 17.6 Å². The molecule has 1 unspecified atom stereocenters. The summed E-state index contributed by atoms with van der Waals surface area (Å²) in [7, 11) is 1.80. The number of aliphatic hydroxyl groups is 1. The summed E-state index contributed by atoms with van der Waals surface area (Å²) in [5, 5.41) is 16.6. The fourth-order valence-corrected chi connectivity index (χ4v) is 2.07. The van der Waals surface area contributed by atoms with Crippen LogP contribution in [0.1, 0.15) is 22.5 Å². The summed E-state index contributed by atoms with van der Waals surface area (Å²) in [6.45, 7) is 1.91. The number of aliphatic hydroxyl groups excluding tert-OH is 1. The van der Waals surface area contributed by atoms with Crippen LogP contribution >= 0.6 is 11.3 Å². The molecule has 0 spiro atoms. The van der Waals surface area contributed by atoms with E-state index in [4.69, 9.17) is 0 Å². The lowest BCUT2D eigenvalue weighted by molar-refractivity contribution is 0.209. The van der Waals surface area contributed by atoms with Gasteiger partial charge in [-0.25, -0.2) is 4.98 Å². The highest BCUT2D eigenvalue weighted by atomic mass is 32.1. The van der Waals surface area contributed by atoms with Crippen LogP contribution in [0.25, 0.3) is 0 Å². The van der Waals surface area contributed by atoms with Crippen LogP contribution in [0.2, 0.25) is 0 Å². The summed E-state index contributed by atoms with van der Waals surface area (Å²) in [6.07, 6.45) is 1.00. The minimum atomic E-state index is -0.666. The molecule has 1 N–H and O–H groups in total. The van der Waals surface area contributed by atoms with Gasteiger partial charge in [0.25, 0.3) is 0 Å². The lowest BCUT2D eigenvalue weighted by Crippen LogP contribution is -2.06. The number of nitrogens with zero attached hydrogens (tertiary/aromatic N) is 3. The van der Waals surface area contributed by atoms with Gasteiger partial charge in [-0.05, 0) is 13.0 Å². The summed E-state index contributed by atoms with van der Waals surface area (Å²) in [5.74, 6) is 0. The molecule has 4 nitrogen and oxygen atoms in total. The number of rotatable bonds is 2. The van der Waals surface area contributed by atoms with Crippen molar-refractivity contribution in [3.63, 3.8) is 0 Å². The molecule has 0 radical (unpaired) electrons. The Hall–Kier alpha value is -1.20. The van der Waals surface area contributed by atoms with Gasteiger partial charge < -0.3 is 5.11 Å². The first-order chi connectivity index (χ1) is 6.68. The van der Waals surface area contributed by atoms with Gasteiger partial charge in [-0.15, -0.1) is 11.3 Å². The molecule has 0 aliphatic heterocycles. The van der Waals surface area contributed by atoms with Crippen molar-refractivity contribution in [2.45, 2.75) is 13.0 Å². The van der Waals surface area contributed by atoms with Gasteiger partial charge in [0.15, 0.2) is 0 Å². The number of hydrogen-bond acceptors (Lipinski definition) is 4. The summed E-state index contributed by atoms with van der Waals surface area (Å²) in [5.41, 5.74) is 1.70. The van der Waals surface area contributed by atoms with Crippen LogP contribution in [-0.4, -0.2) is 19.9 Å². The maximum atomic E-state index is 9.96. The van der Waals surface area contributed by atoms with E-state index in [0.29, 0.717) is 5.01 Å². The topological polar surface area (TPSA) is 50.9 Å². The van der Waals surface area contributed by atoms with E-state index in [1.54, 1.807) is 24.0 Å². The van der Waals surface area contributed by atoms with Crippen LogP contribution in [0.4, 0.5) is 0 Å². The Labute approximate surface area is 85.8 Å². The molecule has 0 aliphatic carbocycles. The van der Waals surface area contributed by atoms with Crippen LogP contribution in [0.5, 0.6) is 0 Å². The Bertz CT molecular complexity index is 435. The maximum absolute atomic E-state index is 9.96. The van der Waals surface area contributed by atoms with Crippen LogP contribution in [-0.2, 0) is 7.05 Å². The molecule has 0 fully saturated rings. The lowest BCUT2D eigenvalue weighted by atomic mass is 10.2. The third kappa shape index (κ3) is 1.56. The Morgan fingerprint density at radius 3 is 2.86 bits per heavy atom. The van der Waals surface area contributed by atoms with Crippen molar-refractivity contribution in [1.82, 2.24) is 14.8 Å². The Balaban J connectivity index is 2.33. The Morgan fingerprint density at radius 2 is 2.36 bits per heavy atom. The molecule has 2 aromatic heterocycles. The standard InChI is InChI=1S/C9H11N3OS/c1-6-5-14-9(11-6)8(13)7-3-4-10-12(7)2/h3-5,8,13H,1-2H3. The van der Waals surface area contributed by atoms with Gasteiger partial charge in [0.05, 0.1) is 5.69 Å². The van der Waals surface area contributed by atoms with Crippen LogP contribution in [0, 0.1) is 6.92 Å². The van der Waals surface area contributed by atoms with Crippen molar-refractivity contribution in [1.29, 1.82) is 0 Å². The third-order valence-corrected chi connectivity index (χ3v) is 3.02. The van der Waals surface area contributed by atoms with E-state index in [1.165, 1.54) is 11.3 Å². The first-order valence-electron chi connectivity index (χ1n) is 4.26. The first-order valence-corrected chi connectivity index (χ1v) is 5.14. The SMILES string of the molecule is Cc1csc(C(O)c2ccnn2C)n1. The van der Waals surface area contributed by atoms with E-state index in [0.717, 1.165) is 11.4 Å². The monoisotopic (exact) mass is 209 g/mol. The molecule has 5 heteroatoms. The zero-order valence-electron chi connectivity index (χ0n) is 8.01. The van der Waals surface area contributed by atoms with Crippen molar-refractivity contribution in [2.24, 2.45) is 7.05 Å². The summed E-state index contributed by atoms with van der Waals surface area (Å²) in [6, 6.07) is 1.79. The van der Waals surface area contributed by atoms with Crippen molar-refractivity contribution < 1.29 is 5.11 Å². The predicted octanol–water partition coefficient (Wildman–Crippen LogP) is 1.27. The number of thiazole rings is 1. The molecule has 0 amide bonds. The molecule has 0 bridgehead atoms. The molecular weight excluding hydrogens is 198 g/mol. The van der Waals surface area contributed by atoms with E-state index >= 15 is 0 Å². The molecule has 74 valence electrons. The average Bonchev–Trinajstić information content (AvgIpc) is 2.73. The molecule has 0 aliphatic rings. The largest absolute Gasteiger partial charge is 0.380 e. The normalized spacial score (nSPS) is 13.1. The highest BCUT2D eigenvalue weighted by molar-refractivity contribution is 7.09. The van der Waals surface area contributed by atoms with Gasteiger partial charge >= 0.3 is 0 Å². The van der Waals surface area contributed by atoms with E-state index < -0.39 is 6.10 Å². The number of hydrogen-bond donors (Lipinski definition) is 1. The van der Waals surface area contributed by atoms with Gasteiger partial charge in [-0.2, -0.15) is 5.10 Å². The molecule has 1 atom stereocenters. The highest BCUT2D eigenvalue weighted by Gasteiger charge is 2.16. The molecule has 0 saturated heterocycles.